The molecule has 0 aliphatic rings. The maximum absolute atomic E-state index is 12.2. The molecule has 1 atom stereocenters. The van der Waals surface area contributed by atoms with Crippen molar-refractivity contribution in [2.45, 2.75) is 13.0 Å². The van der Waals surface area contributed by atoms with E-state index in [2.05, 4.69) is 4.74 Å². The fraction of sp³-hybridized carbons (Fsp3) is 0.118. The van der Waals surface area contributed by atoms with Gasteiger partial charge in [-0.15, -0.1) is 0 Å². The van der Waals surface area contributed by atoms with E-state index in [1.54, 1.807) is 42.5 Å². The Morgan fingerprint density at radius 3 is 2.30 bits per heavy atom. The molecule has 23 heavy (non-hydrogen) atoms. The van der Waals surface area contributed by atoms with Gasteiger partial charge in [0.05, 0.1) is 5.56 Å². The van der Waals surface area contributed by atoms with Gasteiger partial charge in [0.15, 0.2) is 0 Å². The molecule has 0 radical (unpaired) electrons. The van der Waals surface area contributed by atoms with Crippen LogP contribution < -0.4 is 0 Å². The van der Waals surface area contributed by atoms with Crippen molar-refractivity contribution in [1.29, 1.82) is 0 Å². The van der Waals surface area contributed by atoms with Crippen LogP contribution in [0.25, 0.3) is 0 Å². The van der Waals surface area contributed by atoms with Crippen molar-refractivity contribution in [3.63, 3.8) is 0 Å². The summed E-state index contributed by atoms with van der Waals surface area (Å²) < 4.78 is 9.76. The third-order valence-corrected chi connectivity index (χ3v) is 3.08. The van der Waals surface area contributed by atoms with Crippen LogP contribution in [0.2, 0.25) is 5.02 Å². The highest BCUT2D eigenvalue weighted by Crippen LogP contribution is 2.22. The minimum absolute atomic E-state index is 0.189. The van der Waals surface area contributed by atoms with Crippen LogP contribution in [-0.2, 0) is 19.1 Å². The molecular weight excluding hydrogens is 320 g/mol. The third kappa shape index (κ3) is 4.66. The average Bonchev–Trinajstić information content (AvgIpc) is 2.52. The van der Waals surface area contributed by atoms with E-state index in [1.807, 2.05) is 0 Å². The Hall–Kier alpha value is -2.66. The summed E-state index contributed by atoms with van der Waals surface area (Å²) in [6.45, 7) is 1.10. The van der Waals surface area contributed by atoms with E-state index in [4.69, 9.17) is 16.3 Å². The third-order valence-electron chi connectivity index (χ3n) is 2.85. The Morgan fingerprint density at radius 2 is 1.70 bits per heavy atom. The first-order chi connectivity index (χ1) is 11.0. The Bertz CT molecular complexity index is 727. The van der Waals surface area contributed by atoms with Gasteiger partial charge in [0.1, 0.15) is 0 Å². The van der Waals surface area contributed by atoms with Gasteiger partial charge in [0.2, 0.25) is 6.10 Å². The molecule has 1 unspecified atom stereocenters. The second-order valence-corrected chi connectivity index (χ2v) is 5.06. The van der Waals surface area contributed by atoms with Crippen LogP contribution in [0.15, 0.2) is 54.6 Å². The van der Waals surface area contributed by atoms with Crippen LogP contribution >= 0.6 is 11.6 Å². The molecule has 0 aromatic heterocycles. The summed E-state index contributed by atoms with van der Waals surface area (Å²) >= 11 is 5.83. The first kappa shape index (κ1) is 16.7. The first-order valence-corrected chi connectivity index (χ1v) is 7.09. The molecule has 2 aromatic rings. The molecule has 118 valence electrons. The second-order valence-electron chi connectivity index (χ2n) is 4.62. The highest BCUT2D eigenvalue weighted by Gasteiger charge is 2.28. The predicted octanol–water partition coefficient (Wildman–Crippen LogP) is 3.33. The second kappa shape index (κ2) is 7.56. The standard InChI is InChI=1S/C17H13ClO5/c1-11(19)22-17(21)15(12-6-3-2-4-7-12)23-16(20)13-8-5-9-14(18)10-13/h2-10,15H,1H3. The molecule has 0 saturated heterocycles. The Labute approximate surface area is 137 Å². The van der Waals surface area contributed by atoms with Crippen LogP contribution in [-0.4, -0.2) is 17.9 Å². The highest BCUT2D eigenvalue weighted by molar-refractivity contribution is 6.30. The van der Waals surface area contributed by atoms with E-state index in [9.17, 15) is 14.4 Å². The van der Waals surface area contributed by atoms with Gasteiger partial charge in [0, 0.05) is 17.5 Å². The number of hydrogen-bond acceptors (Lipinski definition) is 5. The lowest BCUT2D eigenvalue weighted by atomic mass is 10.1. The number of rotatable bonds is 4. The molecule has 0 bridgehead atoms. The molecule has 0 saturated carbocycles. The summed E-state index contributed by atoms with van der Waals surface area (Å²) in [7, 11) is 0. The Morgan fingerprint density at radius 1 is 1.00 bits per heavy atom. The number of benzene rings is 2. The van der Waals surface area contributed by atoms with E-state index >= 15 is 0 Å². The predicted molar refractivity (Wildman–Crippen MR) is 82.8 cm³/mol. The van der Waals surface area contributed by atoms with Crippen LogP contribution in [0, 0.1) is 0 Å². The van der Waals surface area contributed by atoms with Crippen molar-refractivity contribution in [2.75, 3.05) is 0 Å². The van der Waals surface area contributed by atoms with Crippen LogP contribution in [0.4, 0.5) is 0 Å². The van der Waals surface area contributed by atoms with Crippen molar-refractivity contribution in [1.82, 2.24) is 0 Å². The molecule has 0 aliphatic carbocycles. The van der Waals surface area contributed by atoms with Gasteiger partial charge in [0.25, 0.3) is 0 Å². The molecule has 6 heteroatoms. The molecule has 0 fully saturated rings. The van der Waals surface area contributed by atoms with E-state index in [-0.39, 0.29) is 5.56 Å². The maximum atomic E-state index is 12.2. The summed E-state index contributed by atoms with van der Waals surface area (Å²) in [5.74, 6) is -2.49. The van der Waals surface area contributed by atoms with Crippen LogP contribution in [0.1, 0.15) is 28.9 Å². The van der Waals surface area contributed by atoms with Gasteiger partial charge in [-0.05, 0) is 18.2 Å². The summed E-state index contributed by atoms with van der Waals surface area (Å²) in [6.07, 6.45) is -1.34. The number of hydrogen-bond donors (Lipinski definition) is 0. The first-order valence-electron chi connectivity index (χ1n) is 6.71. The van der Waals surface area contributed by atoms with Gasteiger partial charge in [-0.25, -0.2) is 9.59 Å². The minimum Gasteiger partial charge on any atom is -0.442 e. The van der Waals surface area contributed by atoms with Crippen molar-refractivity contribution >= 4 is 29.5 Å². The van der Waals surface area contributed by atoms with Crippen molar-refractivity contribution in [2.24, 2.45) is 0 Å². The Balaban J connectivity index is 2.25. The fourth-order valence-electron chi connectivity index (χ4n) is 1.87. The monoisotopic (exact) mass is 332 g/mol. The lowest BCUT2D eigenvalue weighted by Gasteiger charge is -2.16. The molecule has 0 amide bonds. The van der Waals surface area contributed by atoms with Crippen molar-refractivity contribution in [3.8, 4) is 0 Å². The molecule has 0 heterocycles. The number of ether oxygens (including phenoxy) is 2. The number of carbonyl (C=O) groups excluding carboxylic acids is 3. The fourth-order valence-corrected chi connectivity index (χ4v) is 2.06. The smallest absolute Gasteiger partial charge is 0.359 e. The van der Waals surface area contributed by atoms with Gasteiger partial charge in [-0.2, -0.15) is 0 Å². The summed E-state index contributed by atoms with van der Waals surface area (Å²) in [5.41, 5.74) is 0.586. The van der Waals surface area contributed by atoms with E-state index in [0.717, 1.165) is 6.92 Å². The van der Waals surface area contributed by atoms with Crippen molar-refractivity contribution < 1.29 is 23.9 Å². The zero-order valence-corrected chi connectivity index (χ0v) is 12.9. The van der Waals surface area contributed by atoms with Crippen LogP contribution in [0.5, 0.6) is 0 Å². The molecule has 0 aliphatic heterocycles. The lowest BCUT2D eigenvalue weighted by molar-refractivity contribution is -0.165. The van der Waals surface area contributed by atoms with E-state index < -0.39 is 24.0 Å². The van der Waals surface area contributed by atoms with Gasteiger partial charge in [-0.3, -0.25) is 4.79 Å². The zero-order valence-electron chi connectivity index (χ0n) is 12.2. The summed E-state index contributed by atoms with van der Waals surface area (Å²) in [5, 5.41) is 0.363. The van der Waals surface area contributed by atoms with Gasteiger partial charge < -0.3 is 9.47 Å². The van der Waals surface area contributed by atoms with Crippen molar-refractivity contribution in [3.05, 3.63) is 70.7 Å². The average molecular weight is 333 g/mol. The number of halogens is 1. The van der Waals surface area contributed by atoms with E-state index in [0.29, 0.717) is 10.6 Å². The molecular formula is C17H13ClO5. The maximum Gasteiger partial charge on any atom is 0.359 e. The number of esters is 3. The quantitative estimate of drug-likeness (QED) is 0.634. The largest absolute Gasteiger partial charge is 0.442 e. The number of carbonyl (C=O) groups is 3. The normalized spacial score (nSPS) is 11.4. The molecule has 5 nitrogen and oxygen atoms in total. The SMILES string of the molecule is CC(=O)OC(=O)C(OC(=O)c1cccc(Cl)c1)c1ccccc1. The molecule has 2 aromatic carbocycles. The molecule has 0 spiro atoms. The molecule has 0 N–H and O–H groups in total. The minimum atomic E-state index is -1.34. The highest BCUT2D eigenvalue weighted by atomic mass is 35.5. The zero-order chi connectivity index (χ0) is 16.8. The van der Waals surface area contributed by atoms with E-state index in [1.165, 1.54) is 12.1 Å². The lowest BCUT2D eigenvalue weighted by Crippen LogP contribution is -2.23. The Kier molecular flexibility index (Phi) is 5.49. The molecule has 2 rings (SSSR count). The summed E-state index contributed by atoms with van der Waals surface area (Å²) in [6, 6.07) is 14.4. The summed E-state index contributed by atoms with van der Waals surface area (Å²) in [4.78, 5) is 35.2. The van der Waals surface area contributed by atoms with Gasteiger partial charge >= 0.3 is 17.9 Å². The topological polar surface area (TPSA) is 69.7 Å². The van der Waals surface area contributed by atoms with Crippen LogP contribution in [0.3, 0.4) is 0 Å². The van der Waals surface area contributed by atoms with Gasteiger partial charge in [-0.1, -0.05) is 48.0 Å².